The van der Waals surface area contributed by atoms with Crippen LogP contribution in [-0.4, -0.2) is 31.2 Å². The van der Waals surface area contributed by atoms with Crippen molar-refractivity contribution in [3.8, 4) is 5.82 Å². The third-order valence-corrected chi connectivity index (χ3v) is 3.30. The molecule has 2 aromatic heterocycles. The van der Waals surface area contributed by atoms with Crippen LogP contribution in [0.15, 0.2) is 18.5 Å². The lowest BCUT2D eigenvalue weighted by Gasteiger charge is -2.06. The zero-order valence-corrected chi connectivity index (χ0v) is 11.7. The number of hydrogen-bond donors (Lipinski definition) is 1. The zero-order chi connectivity index (χ0) is 14.8. The van der Waals surface area contributed by atoms with E-state index < -0.39 is 4.92 Å². The lowest BCUT2D eigenvalue weighted by Crippen LogP contribution is -2.10. The molecule has 21 heavy (non-hydrogen) atoms. The summed E-state index contributed by atoms with van der Waals surface area (Å²) in [5.41, 5.74) is 0.813. The second-order valence-electron chi connectivity index (χ2n) is 5.05. The summed E-state index contributed by atoms with van der Waals surface area (Å²) in [6.07, 6.45) is 6.12. The number of nitrogens with zero attached hydrogens (tertiary/aromatic N) is 5. The summed E-state index contributed by atoms with van der Waals surface area (Å²) < 4.78 is 1.46. The minimum absolute atomic E-state index is 0.150. The summed E-state index contributed by atoms with van der Waals surface area (Å²) in [4.78, 5) is 18.9. The Hall–Kier alpha value is -2.51. The van der Waals surface area contributed by atoms with Gasteiger partial charge < -0.3 is 5.32 Å². The first-order chi connectivity index (χ1) is 10.2. The van der Waals surface area contributed by atoms with Crippen LogP contribution in [0.1, 0.15) is 37.8 Å². The van der Waals surface area contributed by atoms with Crippen LogP contribution < -0.4 is 5.32 Å². The fourth-order valence-corrected chi connectivity index (χ4v) is 2.04. The Labute approximate surface area is 121 Å². The minimum Gasteiger partial charge on any atom is -0.354 e. The molecule has 2 heterocycles. The van der Waals surface area contributed by atoms with Gasteiger partial charge in [0, 0.05) is 18.7 Å². The Kier molecular flexibility index (Phi) is 3.51. The van der Waals surface area contributed by atoms with E-state index in [4.69, 9.17) is 0 Å². The van der Waals surface area contributed by atoms with Crippen molar-refractivity contribution in [1.82, 2.24) is 19.7 Å². The van der Waals surface area contributed by atoms with Gasteiger partial charge in [0.1, 0.15) is 6.20 Å². The normalized spacial score (nSPS) is 14.1. The SMILES string of the molecule is CCCNc1ncc([N+](=O)[O-])c(-n2ccc(C3CC3)n2)n1. The van der Waals surface area contributed by atoms with E-state index in [-0.39, 0.29) is 11.5 Å². The molecule has 1 aliphatic rings. The first-order valence-corrected chi connectivity index (χ1v) is 7.00. The van der Waals surface area contributed by atoms with Crippen molar-refractivity contribution >= 4 is 11.6 Å². The van der Waals surface area contributed by atoms with Crippen LogP contribution in [0.25, 0.3) is 5.82 Å². The average Bonchev–Trinajstić information content (AvgIpc) is 3.22. The van der Waals surface area contributed by atoms with Crippen molar-refractivity contribution in [2.24, 2.45) is 0 Å². The highest BCUT2D eigenvalue weighted by Crippen LogP contribution is 2.39. The molecule has 0 bridgehead atoms. The Morgan fingerprint density at radius 2 is 2.33 bits per heavy atom. The maximum Gasteiger partial charge on any atom is 0.332 e. The van der Waals surface area contributed by atoms with Crippen molar-refractivity contribution < 1.29 is 4.92 Å². The van der Waals surface area contributed by atoms with Gasteiger partial charge in [0.15, 0.2) is 0 Å². The summed E-state index contributed by atoms with van der Waals surface area (Å²) in [7, 11) is 0. The van der Waals surface area contributed by atoms with Gasteiger partial charge in [-0.3, -0.25) is 10.1 Å². The zero-order valence-electron chi connectivity index (χ0n) is 11.7. The fourth-order valence-electron chi connectivity index (χ4n) is 2.04. The molecule has 1 N–H and O–H groups in total. The van der Waals surface area contributed by atoms with E-state index in [0.29, 0.717) is 18.4 Å². The van der Waals surface area contributed by atoms with Gasteiger partial charge in [0.25, 0.3) is 0 Å². The molecule has 1 saturated carbocycles. The van der Waals surface area contributed by atoms with E-state index in [9.17, 15) is 10.1 Å². The maximum atomic E-state index is 11.1. The second kappa shape index (κ2) is 5.47. The Morgan fingerprint density at radius 3 is 3.00 bits per heavy atom. The molecule has 3 rings (SSSR count). The van der Waals surface area contributed by atoms with Gasteiger partial charge in [-0.15, -0.1) is 0 Å². The smallest absolute Gasteiger partial charge is 0.332 e. The molecule has 8 heteroatoms. The number of rotatable bonds is 6. The molecule has 0 aromatic carbocycles. The van der Waals surface area contributed by atoms with Crippen molar-refractivity contribution in [2.75, 3.05) is 11.9 Å². The Balaban J connectivity index is 1.97. The number of nitrogens with one attached hydrogen (secondary N) is 1. The van der Waals surface area contributed by atoms with Crippen LogP contribution >= 0.6 is 0 Å². The molecule has 110 valence electrons. The first-order valence-electron chi connectivity index (χ1n) is 7.00. The molecule has 0 amide bonds. The van der Waals surface area contributed by atoms with Gasteiger partial charge in [-0.2, -0.15) is 10.1 Å². The van der Waals surface area contributed by atoms with Crippen molar-refractivity contribution in [3.05, 3.63) is 34.3 Å². The van der Waals surface area contributed by atoms with Crippen LogP contribution in [-0.2, 0) is 0 Å². The molecule has 1 aliphatic carbocycles. The first kappa shape index (κ1) is 13.5. The summed E-state index contributed by atoms with van der Waals surface area (Å²) in [5, 5.41) is 18.6. The molecule has 0 spiro atoms. The van der Waals surface area contributed by atoms with Crippen molar-refractivity contribution in [3.63, 3.8) is 0 Å². The van der Waals surface area contributed by atoms with Gasteiger partial charge in [0.2, 0.25) is 11.8 Å². The predicted octanol–water partition coefficient (Wildman–Crippen LogP) is 2.27. The summed E-state index contributed by atoms with van der Waals surface area (Å²) in [6.45, 7) is 2.73. The summed E-state index contributed by atoms with van der Waals surface area (Å²) in [6, 6.07) is 1.89. The van der Waals surface area contributed by atoms with Crippen molar-refractivity contribution in [2.45, 2.75) is 32.1 Å². The minimum atomic E-state index is -0.489. The van der Waals surface area contributed by atoms with Crippen LogP contribution in [0.4, 0.5) is 11.6 Å². The summed E-state index contributed by atoms with van der Waals surface area (Å²) >= 11 is 0. The van der Waals surface area contributed by atoms with Crippen molar-refractivity contribution in [1.29, 1.82) is 0 Å². The molecule has 0 saturated heterocycles. The average molecular weight is 288 g/mol. The van der Waals surface area contributed by atoms with E-state index in [1.54, 1.807) is 6.20 Å². The highest BCUT2D eigenvalue weighted by Gasteiger charge is 2.27. The van der Waals surface area contributed by atoms with Crippen LogP contribution in [0.2, 0.25) is 0 Å². The number of nitro groups is 1. The lowest BCUT2D eigenvalue weighted by molar-refractivity contribution is -0.385. The standard InChI is InChI=1S/C13H16N6O2/c1-2-6-14-13-15-8-11(19(20)21)12(16-13)18-7-5-10(17-18)9-3-4-9/h5,7-9H,2-4,6H2,1H3,(H,14,15,16). The monoisotopic (exact) mass is 288 g/mol. The summed E-state index contributed by atoms with van der Waals surface area (Å²) in [5.74, 6) is 1.06. The highest BCUT2D eigenvalue weighted by atomic mass is 16.6. The van der Waals surface area contributed by atoms with E-state index in [2.05, 4.69) is 20.4 Å². The quantitative estimate of drug-likeness (QED) is 0.646. The molecular weight excluding hydrogens is 272 g/mol. The highest BCUT2D eigenvalue weighted by molar-refractivity contribution is 5.48. The number of aromatic nitrogens is 4. The Bertz CT molecular complexity index is 664. The molecule has 0 atom stereocenters. The second-order valence-corrected chi connectivity index (χ2v) is 5.05. The van der Waals surface area contributed by atoms with Gasteiger partial charge in [-0.05, 0) is 25.3 Å². The largest absolute Gasteiger partial charge is 0.354 e. The topological polar surface area (TPSA) is 98.8 Å². The van der Waals surface area contributed by atoms with Crippen LogP contribution in [0, 0.1) is 10.1 Å². The van der Waals surface area contributed by atoms with Crippen LogP contribution in [0.5, 0.6) is 0 Å². The molecule has 8 nitrogen and oxygen atoms in total. The predicted molar refractivity (Wildman–Crippen MR) is 76.6 cm³/mol. The molecule has 2 aromatic rings. The fraction of sp³-hybridized carbons (Fsp3) is 0.462. The van der Waals surface area contributed by atoms with Gasteiger partial charge in [-0.25, -0.2) is 9.67 Å². The third-order valence-electron chi connectivity index (χ3n) is 3.30. The number of anilines is 1. The molecule has 0 unspecified atom stereocenters. The van der Waals surface area contributed by atoms with E-state index >= 15 is 0 Å². The van der Waals surface area contributed by atoms with Crippen LogP contribution in [0.3, 0.4) is 0 Å². The molecular formula is C13H16N6O2. The van der Waals surface area contributed by atoms with Gasteiger partial charge in [-0.1, -0.05) is 6.92 Å². The van der Waals surface area contributed by atoms with E-state index in [1.165, 1.54) is 10.9 Å². The van der Waals surface area contributed by atoms with E-state index in [1.807, 2.05) is 13.0 Å². The number of hydrogen-bond acceptors (Lipinski definition) is 6. The van der Waals surface area contributed by atoms with Gasteiger partial charge in [0.05, 0.1) is 10.6 Å². The maximum absolute atomic E-state index is 11.1. The lowest BCUT2D eigenvalue weighted by atomic mass is 10.3. The molecule has 0 aliphatic heterocycles. The van der Waals surface area contributed by atoms with Gasteiger partial charge >= 0.3 is 5.69 Å². The molecule has 0 radical (unpaired) electrons. The van der Waals surface area contributed by atoms with E-state index in [0.717, 1.165) is 25.0 Å². The molecule has 1 fully saturated rings. The Morgan fingerprint density at radius 1 is 1.52 bits per heavy atom. The third kappa shape index (κ3) is 2.83.